The van der Waals surface area contributed by atoms with Gasteiger partial charge in [-0.3, -0.25) is 9.59 Å². The van der Waals surface area contributed by atoms with Crippen LogP contribution in [0.25, 0.3) is 0 Å². The fourth-order valence-electron chi connectivity index (χ4n) is 3.19. The van der Waals surface area contributed by atoms with Crippen LogP contribution in [0.1, 0.15) is 35.2 Å². The Labute approximate surface area is 166 Å². The minimum absolute atomic E-state index is 0.0525. The predicted molar refractivity (Wildman–Crippen MR) is 105 cm³/mol. The molecule has 29 heavy (non-hydrogen) atoms. The summed E-state index contributed by atoms with van der Waals surface area (Å²) in [5, 5.41) is 5.09. The molecule has 8 heteroatoms. The first kappa shape index (κ1) is 20.7. The third-order valence-electron chi connectivity index (χ3n) is 4.76. The van der Waals surface area contributed by atoms with Crippen molar-refractivity contribution in [2.75, 3.05) is 29.9 Å². The number of nitrogens with one attached hydrogen (secondary N) is 2. The van der Waals surface area contributed by atoms with Gasteiger partial charge in [-0.25, -0.2) is 0 Å². The summed E-state index contributed by atoms with van der Waals surface area (Å²) in [6, 6.07) is 11.3. The van der Waals surface area contributed by atoms with Crippen LogP contribution in [0.2, 0.25) is 0 Å². The molecule has 0 bridgehead atoms. The molecule has 1 fully saturated rings. The second-order valence-electron chi connectivity index (χ2n) is 6.90. The van der Waals surface area contributed by atoms with Gasteiger partial charge in [0.05, 0.1) is 12.1 Å². The van der Waals surface area contributed by atoms with E-state index in [1.165, 1.54) is 19.3 Å². The first-order valence-corrected chi connectivity index (χ1v) is 9.43. The van der Waals surface area contributed by atoms with E-state index in [1.54, 1.807) is 12.1 Å². The van der Waals surface area contributed by atoms with Gasteiger partial charge in [0.25, 0.3) is 5.91 Å². The molecule has 2 aromatic carbocycles. The molecule has 1 heterocycles. The van der Waals surface area contributed by atoms with Crippen molar-refractivity contribution in [3.63, 3.8) is 0 Å². The highest BCUT2D eigenvalue weighted by atomic mass is 19.4. The van der Waals surface area contributed by atoms with E-state index < -0.39 is 23.6 Å². The number of alkyl halides is 3. The summed E-state index contributed by atoms with van der Waals surface area (Å²) in [4.78, 5) is 26.3. The summed E-state index contributed by atoms with van der Waals surface area (Å²) in [6.07, 6.45) is -0.852. The van der Waals surface area contributed by atoms with E-state index >= 15 is 0 Å². The van der Waals surface area contributed by atoms with Crippen molar-refractivity contribution < 1.29 is 22.8 Å². The SMILES string of the molecule is O=C(CNC(=O)c1ccc(C(F)(F)F)cc1)Nc1ccc(N2CCCCC2)cc1. The topological polar surface area (TPSA) is 61.4 Å². The Hall–Kier alpha value is -3.03. The molecule has 3 rings (SSSR count). The van der Waals surface area contributed by atoms with E-state index in [4.69, 9.17) is 0 Å². The lowest BCUT2D eigenvalue weighted by atomic mass is 10.1. The van der Waals surface area contributed by atoms with Crippen molar-refractivity contribution in [3.05, 3.63) is 59.7 Å². The summed E-state index contributed by atoms with van der Waals surface area (Å²) in [5.74, 6) is -1.04. The molecular formula is C21H22F3N3O2. The summed E-state index contributed by atoms with van der Waals surface area (Å²) in [7, 11) is 0. The van der Waals surface area contributed by atoms with Crippen LogP contribution < -0.4 is 15.5 Å². The molecule has 2 aromatic rings. The molecule has 1 aliphatic rings. The smallest absolute Gasteiger partial charge is 0.372 e. The standard InChI is InChI=1S/C21H22F3N3O2/c22-21(23,24)16-6-4-15(5-7-16)20(29)25-14-19(28)26-17-8-10-18(11-9-17)27-12-2-1-3-13-27/h4-11H,1-3,12-14H2,(H,25,29)(H,26,28). The zero-order chi connectivity index (χ0) is 20.9. The van der Waals surface area contributed by atoms with E-state index in [2.05, 4.69) is 15.5 Å². The average Bonchev–Trinajstić information content (AvgIpc) is 2.73. The third kappa shape index (κ3) is 5.73. The molecule has 0 saturated carbocycles. The van der Waals surface area contributed by atoms with Gasteiger partial charge in [-0.15, -0.1) is 0 Å². The van der Waals surface area contributed by atoms with E-state index in [-0.39, 0.29) is 12.1 Å². The van der Waals surface area contributed by atoms with Crippen LogP contribution in [-0.2, 0) is 11.0 Å². The van der Waals surface area contributed by atoms with Gasteiger partial charge in [0.15, 0.2) is 0 Å². The number of hydrogen-bond acceptors (Lipinski definition) is 3. The molecule has 0 spiro atoms. The Morgan fingerprint density at radius 3 is 2.10 bits per heavy atom. The first-order valence-electron chi connectivity index (χ1n) is 9.43. The van der Waals surface area contributed by atoms with Crippen LogP contribution in [0.3, 0.4) is 0 Å². The minimum atomic E-state index is -4.46. The summed E-state index contributed by atoms with van der Waals surface area (Å²) < 4.78 is 37.7. The maximum Gasteiger partial charge on any atom is 0.416 e. The molecular weight excluding hydrogens is 383 g/mol. The second-order valence-corrected chi connectivity index (χ2v) is 6.90. The summed E-state index contributed by atoms with van der Waals surface area (Å²) in [6.45, 7) is 1.77. The number of carbonyl (C=O) groups is 2. The van der Waals surface area contributed by atoms with Crippen LogP contribution in [0.5, 0.6) is 0 Å². The molecule has 0 aromatic heterocycles. The molecule has 2 amide bonds. The number of halogens is 3. The molecule has 5 nitrogen and oxygen atoms in total. The zero-order valence-corrected chi connectivity index (χ0v) is 15.8. The number of amides is 2. The maximum atomic E-state index is 12.6. The van der Waals surface area contributed by atoms with Gasteiger partial charge in [-0.1, -0.05) is 0 Å². The number of hydrogen-bond donors (Lipinski definition) is 2. The second kappa shape index (κ2) is 8.98. The lowest BCUT2D eigenvalue weighted by Gasteiger charge is -2.28. The molecule has 0 aliphatic carbocycles. The number of nitrogens with zero attached hydrogens (tertiary/aromatic N) is 1. The Morgan fingerprint density at radius 1 is 0.897 bits per heavy atom. The Kier molecular flexibility index (Phi) is 6.41. The molecule has 1 aliphatic heterocycles. The van der Waals surface area contributed by atoms with Gasteiger partial charge < -0.3 is 15.5 Å². The first-order chi connectivity index (χ1) is 13.8. The summed E-state index contributed by atoms with van der Waals surface area (Å²) in [5.41, 5.74) is 0.939. The Morgan fingerprint density at radius 2 is 1.52 bits per heavy atom. The van der Waals surface area contributed by atoms with E-state index in [1.807, 2.05) is 12.1 Å². The van der Waals surface area contributed by atoms with Crippen molar-refractivity contribution in [2.24, 2.45) is 0 Å². The normalized spacial score (nSPS) is 14.4. The highest BCUT2D eigenvalue weighted by molar-refractivity contribution is 5.99. The van der Waals surface area contributed by atoms with E-state index in [0.29, 0.717) is 5.69 Å². The minimum Gasteiger partial charge on any atom is -0.372 e. The molecule has 2 N–H and O–H groups in total. The Balaban J connectivity index is 1.48. The molecule has 0 radical (unpaired) electrons. The monoisotopic (exact) mass is 405 g/mol. The highest BCUT2D eigenvalue weighted by Gasteiger charge is 2.30. The van der Waals surface area contributed by atoms with Gasteiger partial charge in [-0.2, -0.15) is 13.2 Å². The van der Waals surface area contributed by atoms with Gasteiger partial charge in [0.2, 0.25) is 5.91 Å². The Bertz CT molecular complexity index is 843. The predicted octanol–water partition coefficient (Wildman–Crippen LogP) is 4.06. The lowest BCUT2D eigenvalue weighted by molar-refractivity contribution is -0.137. The van der Waals surface area contributed by atoms with Crippen LogP contribution in [0.15, 0.2) is 48.5 Å². The number of benzene rings is 2. The van der Waals surface area contributed by atoms with E-state index in [0.717, 1.165) is 43.0 Å². The van der Waals surface area contributed by atoms with Crippen molar-refractivity contribution >= 4 is 23.2 Å². The highest BCUT2D eigenvalue weighted by Crippen LogP contribution is 2.29. The molecule has 1 saturated heterocycles. The summed E-state index contributed by atoms with van der Waals surface area (Å²) >= 11 is 0. The van der Waals surface area contributed by atoms with Crippen molar-refractivity contribution in [1.82, 2.24) is 5.32 Å². The number of anilines is 2. The van der Waals surface area contributed by atoms with Gasteiger partial charge in [0.1, 0.15) is 0 Å². The van der Waals surface area contributed by atoms with Crippen LogP contribution in [0.4, 0.5) is 24.5 Å². The molecule has 154 valence electrons. The van der Waals surface area contributed by atoms with E-state index in [9.17, 15) is 22.8 Å². The van der Waals surface area contributed by atoms with Crippen molar-refractivity contribution in [3.8, 4) is 0 Å². The molecule has 0 atom stereocenters. The number of carbonyl (C=O) groups excluding carboxylic acids is 2. The average molecular weight is 405 g/mol. The fourth-order valence-corrected chi connectivity index (χ4v) is 3.19. The quantitative estimate of drug-likeness (QED) is 0.789. The fraction of sp³-hybridized carbons (Fsp3) is 0.333. The third-order valence-corrected chi connectivity index (χ3v) is 4.76. The number of piperidine rings is 1. The zero-order valence-electron chi connectivity index (χ0n) is 15.8. The van der Waals surface area contributed by atoms with Gasteiger partial charge >= 0.3 is 6.18 Å². The van der Waals surface area contributed by atoms with Crippen molar-refractivity contribution in [2.45, 2.75) is 25.4 Å². The van der Waals surface area contributed by atoms with Crippen LogP contribution >= 0.6 is 0 Å². The van der Waals surface area contributed by atoms with Gasteiger partial charge in [0, 0.05) is 30.0 Å². The number of rotatable bonds is 5. The maximum absolute atomic E-state index is 12.6. The van der Waals surface area contributed by atoms with Crippen molar-refractivity contribution in [1.29, 1.82) is 0 Å². The van der Waals surface area contributed by atoms with Crippen LogP contribution in [0, 0.1) is 0 Å². The molecule has 0 unspecified atom stereocenters. The lowest BCUT2D eigenvalue weighted by Crippen LogP contribution is -2.33. The largest absolute Gasteiger partial charge is 0.416 e. The van der Waals surface area contributed by atoms with Crippen LogP contribution in [-0.4, -0.2) is 31.4 Å². The van der Waals surface area contributed by atoms with Gasteiger partial charge in [-0.05, 0) is 67.8 Å².